The van der Waals surface area contributed by atoms with Gasteiger partial charge in [0.2, 0.25) is 0 Å². The fourth-order valence-corrected chi connectivity index (χ4v) is 2.00. The molecule has 0 spiro atoms. The summed E-state index contributed by atoms with van der Waals surface area (Å²) in [5.74, 6) is -0.902. The molecule has 2 heteroatoms. The van der Waals surface area contributed by atoms with E-state index in [1.165, 1.54) is 0 Å². The highest BCUT2D eigenvalue weighted by Crippen LogP contribution is 2.26. The first-order valence-corrected chi connectivity index (χ1v) is 5.78. The van der Waals surface area contributed by atoms with Gasteiger partial charge in [-0.1, -0.05) is 54.6 Å². The highest BCUT2D eigenvalue weighted by molar-refractivity contribution is 5.96. The van der Waals surface area contributed by atoms with Crippen LogP contribution in [-0.2, 0) is 0 Å². The van der Waals surface area contributed by atoms with Crippen LogP contribution in [0.25, 0.3) is 5.57 Å². The molecule has 2 rings (SSSR count). The van der Waals surface area contributed by atoms with Crippen LogP contribution in [0.3, 0.4) is 0 Å². The van der Waals surface area contributed by atoms with Crippen molar-refractivity contribution < 1.29 is 9.90 Å². The van der Waals surface area contributed by atoms with E-state index in [4.69, 9.17) is 0 Å². The number of rotatable bonds is 3. The molecule has 0 unspecified atom stereocenters. The van der Waals surface area contributed by atoms with Crippen LogP contribution in [0.2, 0.25) is 0 Å². The van der Waals surface area contributed by atoms with Gasteiger partial charge in [0.15, 0.2) is 0 Å². The monoisotopic (exact) mass is 238 g/mol. The van der Waals surface area contributed by atoms with E-state index in [0.29, 0.717) is 5.56 Å². The zero-order valence-electron chi connectivity index (χ0n) is 10.1. The van der Waals surface area contributed by atoms with Gasteiger partial charge in [0, 0.05) is 0 Å². The third kappa shape index (κ3) is 2.33. The van der Waals surface area contributed by atoms with Crippen molar-refractivity contribution in [2.24, 2.45) is 0 Å². The number of aromatic carboxylic acids is 1. The molecule has 0 heterocycles. The van der Waals surface area contributed by atoms with Gasteiger partial charge in [-0.05, 0) is 29.7 Å². The molecule has 0 aromatic heterocycles. The summed E-state index contributed by atoms with van der Waals surface area (Å²) in [5.41, 5.74) is 3.04. The van der Waals surface area contributed by atoms with Crippen LogP contribution < -0.4 is 0 Å². The van der Waals surface area contributed by atoms with Crippen LogP contribution in [0, 0.1) is 0 Å². The fraction of sp³-hybridized carbons (Fsp3) is 0.0625. The molecule has 0 fully saturated rings. The summed E-state index contributed by atoms with van der Waals surface area (Å²) in [6.07, 6.45) is 1.94. The van der Waals surface area contributed by atoms with Crippen LogP contribution >= 0.6 is 0 Å². The molecular formula is C16H14O2. The number of hydrogen-bond acceptors (Lipinski definition) is 1. The minimum atomic E-state index is -0.902. The van der Waals surface area contributed by atoms with E-state index in [1.54, 1.807) is 12.1 Å². The molecule has 0 amide bonds. The number of benzene rings is 2. The van der Waals surface area contributed by atoms with Gasteiger partial charge >= 0.3 is 5.97 Å². The summed E-state index contributed by atoms with van der Waals surface area (Å²) >= 11 is 0. The Bertz CT molecular complexity index is 583. The summed E-state index contributed by atoms with van der Waals surface area (Å²) in [4.78, 5) is 11.2. The second-order valence-corrected chi connectivity index (χ2v) is 3.92. The van der Waals surface area contributed by atoms with Gasteiger partial charge in [0.25, 0.3) is 0 Å². The van der Waals surface area contributed by atoms with Crippen molar-refractivity contribution in [2.75, 3.05) is 0 Å². The van der Waals surface area contributed by atoms with Crippen molar-refractivity contribution in [3.8, 4) is 0 Å². The van der Waals surface area contributed by atoms with E-state index in [0.717, 1.165) is 16.7 Å². The SMILES string of the molecule is C/C=C(\c1ccccc1)c1ccccc1C(=O)O. The maximum absolute atomic E-state index is 11.2. The quantitative estimate of drug-likeness (QED) is 0.882. The average molecular weight is 238 g/mol. The Hall–Kier alpha value is -2.35. The Morgan fingerprint density at radius 2 is 1.50 bits per heavy atom. The smallest absolute Gasteiger partial charge is 0.336 e. The van der Waals surface area contributed by atoms with Crippen molar-refractivity contribution in [2.45, 2.75) is 6.92 Å². The first kappa shape index (κ1) is 12.1. The Labute approximate surface area is 106 Å². The molecule has 2 aromatic carbocycles. The van der Waals surface area contributed by atoms with Gasteiger partial charge in [-0.3, -0.25) is 0 Å². The standard InChI is InChI=1S/C16H14O2/c1-2-13(12-8-4-3-5-9-12)14-10-6-7-11-15(14)16(17)18/h2-11H,1H3,(H,17,18)/b13-2+. The van der Waals surface area contributed by atoms with Crippen molar-refractivity contribution >= 4 is 11.5 Å². The normalized spacial score (nSPS) is 11.3. The second-order valence-electron chi connectivity index (χ2n) is 3.92. The van der Waals surface area contributed by atoms with Crippen molar-refractivity contribution in [1.82, 2.24) is 0 Å². The van der Waals surface area contributed by atoms with Gasteiger partial charge in [-0.2, -0.15) is 0 Å². The van der Waals surface area contributed by atoms with Crippen LogP contribution in [0.15, 0.2) is 60.7 Å². The Balaban J connectivity index is 2.57. The molecule has 0 aliphatic rings. The summed E-state index contributed by atoms with van der Waals surface area (Å²) < 4.78 is 0. The molecule has 2 aromatic rings. The first-order chi connectivity index (χ1) is 8.74. The van der Waals surface area contributed by atoms with Crippen molar-refractivity contribution in [1.29, 1.82) is 0 Å². The van der Waals surface area contributed by atoms with Crippen LogP contribution in [0.4, 0.5) is 0 Å². The molecule has 0 aliphatic heterocycles. The molecule has 1 N–H and O–H groups in total. The summed E-state index contributed by atoms with van der Waals surface area (Å²) in [6.45, 7) is 1.92. The molecule has 0 atom stereocenters. The largest absolute Gasteiger partial charge is 0.478 e. The number of carboxylic acids is 1. The Morgan fingerprint density at radius 1 is 0.944 bits per heavy atom. The van der Waals surface area contributed by atoms with Gasteiger partial charge in [0.1, 0.15) is 0 Å². The summed E-state index contributed by atoms with van der Waals surface area (Å²) in [6, 6.07) is 16.9. The van der Waals surface area contributed by atoms with Crippen LogP contribution in [-0.4, -0.2) is 11.1 Å². The second kappa shape index (κ2) is 5.32. The predicted molar refractivity (Wildman–Crippen MR) is 72.6 cm³/mol. The molecule has 18 heavy (non-hydrogen) atoms. The number of carboxylic acid groups (broad SMARTS) is 1. The molecule has 0 aliphatic carbocycles. The first-order valence-electron chi connectivity index (χ1n) is 5.78. The van der Waals surface area contributed by atoms with Crippen molar-refractivity contribution in [3.05, 3.63) is 77.4 Å². The lowest BCUT2D eigenvalue weighted by molar-refractivity contribution is 0.0696. The molecule has 90 valence electrons. The van der Waals surface area contributed by atoms with Gasteiger partial charge < -0.3 is 5.11 Å². The van der Waals surface area contributed by atoms with Gasteiger partial charge in [-0.15, -0.1) is 0 Å². The average Bonchev–Trinajstić information content (AvgIpc) is 2.41. The lowest BCUT2D eigenvalue weighted by Gasteiger charge is -2.10. The van der Waals surface area contributed by atoms with Gasteiger partial charge in [-0.25, -0.2) is 4.79 Å². The molecule has 2 nitrogen and oxygen atoms in total. The Kier molecular flexibility index (Phi) is 3.58. The van der Waals surface area contributed by atoms with Gasteiger partial charge in [0.05, 0.1) is 5.56 Å². The van der Waals surface area contributed by atoms with Crippen molar-refractivity contribution in [3.63, 3.8) is 0 Å². The maximum Gasteiger partial charge on any atom is 0.336 e. The zero-order valence-corrected chi connectivity index (χ0v) is 10.1. The minimum Gasteiger partial charge on any atom is -0.478 e. The number of hydrogen-bond donors (Lipinski definition) is 1. The topological polar surface area (TPSA) is 37.3 Å². The highest BCUT2D eigenvalue weighted by Gasteiger charge is 2.13. The molecule has 0 saturated carbocycles. The zero-order chi connectivity index (χ0) is 13.0. The third-order valence-electron chi connectivity index (χ3n) is 2.82. The fourth-order valence-electron chi connectivity index (χ4n) is 2.00. The lowest BCUT2D eigenvalue weighted by atomic mass is 9.94. The molecule has 0 radical (unpaired) electrons. The summed E-state index contributed by atoms with van der Waals surface area (Å²) in [7, 11) is 0. The van der Waals surface area contributed by atoms with E-state index < -0.39 is 5.97 Å². The third-order valence-corrected chi connectivity index (χ3v) is 2.82. The van der Waals surface area contributed by atoms with E-state index in [2.05, 4.69) is 0 Å². The number of carbonyl (C=O) groups is 1. The van der Waals surface area contributed by atoms with Crippen LogP contribution in [0.1, 0.15) is 28.4 Å². The van der Waals surface area contributed by atoms with E-state index in [1.807, 2.05) is 55.5 Å². The van der Waals surface area contributed by atoms with E-state index in [9.17, 15) is 9.90 Å². The van der Waals surface area contributed by atoms with Crippen LogP contribution in [0.5, 0.6) is 0 Å². The lowest BCUT2D eigenvalue weighted by Crippen LogP contribution is -2.02. The predicted octanol–water partition coefficient (Wildman–Crippen LogP) is 3.84. The molecular weight excluding hydrogens is 224 g/mol. The highest BCUT2D eigenvalue weighted by atomic mass is 16.4. The minimum absolute atomic E-state index is 0.328. The number of allylic oxidation sites excluding steroid dienone is 1. The summed E-state index contributed by atoms with van der Waals surface area (Å²) in [5, 5.41) is 9.23. The van der Waals surface area contributed by atoms with E-state index in [-0.39, 0.29) is 0 Å². The Morgan fingerprint density at radius 3 is 2.06 bits per heavy atom. The molecule has 0 saturated heterocycles. The molecule has 0 bridgehead atoms. The van der Waals surface area contributed by atoms with E-state index >= 15 is 0 Å². The maximum atomic E-state index is 11.2.